The lowest BCUT2D eigenvalue weighted by atomic mass is 10.2. The van der Waals surface area contributed by atoms with Crippen molar-refractivity contribution in [2.24, 2.45) is 0 Å². The Balaban J connectivity index is 2.28. The second kappa shape index (κ2) is 5.43. The number of aromatic nitrogens is 1. The van der Waals surface area contributed by atoms with Crippen molar-refractivity contribution in [1.82, 2.24) is 4.98 Å². The first-order valence-corrected chi connectivity index (χ1v) is 5.50. The van der Waals surface area contributed by atoms with Crippen molar-refractivity contribution in [1.29, 1.82) is 0 Å². The number of carbonyl (C=O) groups excluding carboxylic acids is 1. The first kappa shape index (κ1) is 12.9. The Morgan fingerprint density at radius 2 is 2.00 bits per heavy atom. The van der Waals surface area contributed by atoms with Crippen LogP contribution in [0.2, 0.25) is 0 Å². The molecule has 0 saturated heterocycles. The molecule has 2 aromatic rings. The van der Waals surface area contributed by atoms with Gasteiger partial charge in [-0.1, -0.05) is 0 Å². The summed E-state index contributed by atoms with van der Waals surface area (Å²) in [5, 5.41) is 5.13. The van der Waals surface area contributed by atoms with Crippen molar-refractivity contribution in [3.05, 3.63) is 53.9 Å². The molecule has 0 saturated carbocycles. The van der Waals surface area contributed by atoms with Crippen LogP contribution in [-0.2, 0) is 0 Å². The van der Waals surface area contributed by atoms with Crippen LogP contribution in [0.4, 0.5) is 20.2 Å². The van der Waals surface area contributed by atoms with Crippen LogP contribution in [0.5, 0.6) is 0 Å². The van der Waals surface area contributed by atoms with E-state index in [0.717, 1.165) is 18.2 Å². The van der Waals surface area contributed by atoms with Crippen molar-refractivity contribution < 1.29 is 13.6 Å². The molecule has 1 aromatic heterocycles. The lowest BCUT2D eigenvalue weighted by Crippen LogP contribution is -2.15. The van der Waals surface area contributed by atoms with Crippen molar-refractivity contribution in [2.75, 3.05) is 17.7 Å². The van der Waals surface area contributed by atoms with Gasteiger partial charge in [0.2, 0.25) is 0 Å². The van der Waals surface area contributed by atoms with E-state index >= 15 is 0 Å². The zero-order chi connectivity index (χ0) is 13.8. The zero-order valence-electron chi connectivity index (χ0n) is 10.1. The second-order valence-electron chi connectivity index (χ2n) is 3.75. The van der Waals surface area contributed by atoms with E-state index in [2.05, 4.69) is 15.6 Å². The topological polar surface area (TPSA) is 54.0 Å². The predicted octanol–water partition coefficient (Wildman–Crippen LogP) is 2.65. The molecule has 4 nitrogen and oxygen atoms in total. The zero-order valence-corrected chi connectivity index (χ0v) is 10.1. The normalized spacial score (nSPS) is 10.1. The maximum absolute atomic E-state index is 13.4. The van der Waals surface area contributed by atoms with Crippen LogP contribution in [0.15, 0.2) is 36.7 Å². The quantitative estimate of drug-likeness (QED) is 0.895. The van der Waals surface area contributed by atoms with Crippen LogP contribution in [-0.4, -0.2) is 17.9 Å². The van der Waals surface area contributed by atoms with Gasteiger partial charge in [-0.3, -0.25) is 9.78 Å². The maximum Gasteiger partial charge on any atom is 0.259 e. The minimum Gasteiger partial charge on any atom is -0.387 e. The first-order valence-electron chi connectivity index (χ1n) is 5.50. The van der Waals surface area contributed by atoms with Crippen LogP contribution < -0.4 is 10.6 Å². The molecule has 0 aliphatic rings. The summed E-state index contributed by atoms with van der Waals surface area (Å²) in [6.07, 6.45) is 2.86. The summed E-state index contributed by atoms with van der Waals surface area (Å²) < 4.78 is 26.4. The number of pyridine rings is 1. The summed E-state index contributed by atoms with van der Waals surface area (Å²) in [7, 11) is 1.65. The predicted molar refractivity (Wildman–Crippen MR) is 68.1 cm³/mol. The van der Waals surface area contributed by atoms with Crippen LogP contribution in [0.1, 0.15) is 10.4 Å². The largest absolute Gasteiger partial charge is 0.387 e. The van der Waals surface area contributed by atoms with E-state index < -0.39 is 17.5 Å². The van der Waals surface area contributed by atoms with Gasteiger partial charge in [0.25, 0.3) is 5.91 Å². The molecule has 0 aliphatic heterocycles. The molecule has 19 heavy (non-hydrogen) atoms. The van der Waals surface area contributed by atoms with E-state index in [1.165, 1.54) is 12.4 Å². The highest BCUT2D eigenvalue weighted by atomic mass is 19.1. The Hall–Kier alpha value is -2.50. The summed E-state index contributed by atoms with van der Waals surface area (Å²) in [4.78, 5) is 15.8. The van der Waals surface area contributed by atoms with Crippen molar-refractivity contribution in [2.45, 2.75) is 0 Å². The monoisotopic (exact) mass is 263 g/mol. The number of nitrogens with zero attached hydrogens (tertiary/aromatic N) is 1. The van der Waals surface area contributed by atoms with Crippen molar-refractivity contribution >= 4 is 17.3 Å². The van der Waals surface area contributed by atoms with Gasteiger partial charge < -0.3 is 10.6 Å². The molecule has 0 atom stereocenters. The van der Waals surface area contributed by atoms with Gasteiger partial charge in [-0.2, -0.15) is 0 Å². The van der Waals surface area contributed by atoms with Crippen LogP contribution >= 0.6 is 0 Å². The number of amides is 1. The average molecular weight is 263 g/mol. The van der Waals surface area contributed by atoms with Gasteiger partial charge in [-0.25, -0.2) is 8.78 Å². The third-order valence-corrected chi connectivity index (χ3v) is 2.51. The fourth-order valence-electron chi connectivity index (χ4n) is 1.58. The Bertz CT molecular complexity index is 617. The van der Waals surface area contributed by atoms with Gasteiger partial charge in [0.15, 0.2) is 0 Å². The summed E-state index contributed by atoms with van der Waals surface area (Å²) >= 11 is 0. The van der Waals surface area contributed by atoms with Gasteiger partial charge in [0.05, 0.1) is 11.3 Å². The molecule has 98 valence electrons. The highest BCUT2D eigenvalue weighted by Crippen LogP contribution is 2.19. The van der Waals surface area contributed by atoms with Gasteiger partial charge in [-0.15, -0.1) is 0 Å². The molecule has 2 N–H and O–H groups in total. The summed E-state index contributed by atoms with van der Waals surface area (Å²) in [5.41, 5.74) is 0.578. The standard InChI is InChI=1S/C13H11F2N3O/c1-16-11-4-5-17-7-9(11)13(19)18-12-6-8(14)2-3-10(12)15/h2-7H,1H3,(H,16,17)(H,18,19). The first-order chi connectivity index (χ1) is 9.11. The lowest BCUT2D eigenvalue weighted by molar-refractivity contribution is 0.102. The minimum absolute atomic E-state index is 0.212. The summed E-state index contributed by atoms with van der Waals surface area (Å²) in [6, 6.07) is 4.46. The van der Waals surface area contributed by atoms with Gasteiger partial charge in [0.1, 0.15) is 11.6 Å². The van der Waals surface area contributed by atoms with E-state index in [1.54, 1.807) is 13.1 Å². The fraction of sp³-hybridized carbons (Fsp3) is 0.0769. The summed E-state index contributed by atoms with van der Waals surface area (Å²) in [6.45, 7) is 0. The molecule has 0 bridgehead atoms. The molecule has 0 radical (unpaired) electrons. The van der Waals surface area contributed by atoms with E-state index in [-0.39, 0.29) is 11.3 Å². The Labute approximate surface area is 108 Å². The van der Waals surface area contributed by atoms with Gasteiger partial charge >= 0.3 is 0 Å². The molecule has 0 fully saturated rings. The van der Waals surface area contributed by atoms with E-state index in [0.29, 0.717) is 5.69 Å². The molecule has 1 amide bonds. The molecule has 1 aromatic carbocycles. The van der Waals surface area contributed by atoms with E-state index in [1.807, 2.05) is 0 Å². The third kappa shape index (κ3) is 2.85. The van der Waals surface area contributed by atoms with E-state index in [9.17, 15) is 13.6 Å². The smallest absolute Gasteiger partial charge is 0.259 e. The Kier molecular flexibility index (Phi) is 3.70. The lowest BCUT2D eigenvalue weighted by Gasteiger charge is -2.09. The number of nitrogens with one attached hydrogen (secondary N) is 2. The van der Waals surface area contributed by atoms with E-state index in [4.69, 9.17) is 0 Å². The SMILES string of the molecule is CNc1ccncc1C(=O)Nc1cc(F)ccc1F. The van der Waals surface area contributed by atoms with Gasteiger partial charge in [0, 0.05) is 31.2 Å². The number of carbonyl (C=O) groups is 1. The number of rotatable bonds is 3. The number of hydrogen-bond acceptors (Lipinski definition) is 3. The third-order valence-electron chi connectivity index (χ3n) is 2.51. The van der Waals surface area contributed by atoms with Crippen LogP contribution in [0.3, 0.4) is 0 Å². The van der Waals surface area contributed by atoms with Crippen molar-refractivity contribution in [3.8, 4) is 0 Å². The Morgan fingerprint density at radius 3 is 2.74 bits per heavy atom. The minimum atomic E-state index is -0.704. The molecular weight excluding hydrogens is 252 g/mol. The highest BCUT2D eigenvalue weighted by molar-refractivity contribution is 6.07. The van der Waals surface area contributed by atoms with Gasteiger partial charge in [-0.05, 0) is 18.2 Å². The average Bonchev–Trinajstić information content (AvgIpc) is 2.42. The molecule has 2 rings (SSSR count). The highest BCUT2D eigenvalue weighted by Gasteiger charge is 2.13. The number of anilines is 2. The summed E-state index contributed by atoms with van der Waals surface area (Å²) in [5.74, 6) is -1.90. The second-order valence-corrected chi connectivity index (χ2v) is 3.75. The maximum atomic E-state index is 13.4. The molecule has 6 heteroatoms. The number of hydrogen-bond donors (Lipinski definition) is 2. The Morgan fingerprint density at radius 1 is 1.21 bits per heavy atom. The molecule has 0 unspecified atom stereocenters. The number of benzene rings is 1. The van der Waals surface area contributed by atoms with Crippen molar-refractivity contribution in [3.63, 3.8) is 0 Å². The van der Waals surface area contributed by atoms with Crippen LogP contribution in [0.25, 0.3) is 0 Å². The van der Waals surface area contributed by atoms with Crippen LogP contribution in [0, 0.1) is 11.6 Å². The molecule has 0 spiro atoms. The molecule has 1 heterocycles. The molecule has 0 aliphatic carbocycles. The number of halogens is 2. The molecular formula is C13H11F2N3O. The fourth-order valence-corrected chi connectivity index (χ4v) is 1.58.